The molecule has 0 aromatic rings. The number of hydrogen-bond acceptors (Lipinski definition) is 3. The van der Waals surface area contributed by atoms with Crippen LogP contribution in [0.15, 0.2) is 0 Å². The van der Waals surface area contributed by atoms with Gasteiger partial charge in [0.2, 0.25) is 5.91 Å². The maximum absolute atomic E-state index is 11.1. The molecule has 88 valence electrons. The molecule has 0 aliphatic rings. The molecule has 0 rings (SSSR count). The third kappa shape index (κ3) is 10.8. The molecule has 0 fully saturated rings. The van der Waals surface area contributed by atoms with Gasteiger partial charge in [0.05, 0.1) is 6.61 Å². The van der Waals surface area contributed by atoms with Gasteiger partial charge in [-0.2, -0.15) is 0 Å². The van der Waals surface area contributed by atoms with E-state index in [9.17, 15) is 9.59 Å². The van der Waals surface area contributed by atoms with Gasteiger partial charge in [0.15, 0.2) is 0 Å². The quantitative estimate of drug-likeness (QED) is 0.560. The van der Waals surface area contributed by atoms with E-state index in [4.69, 9.17) is 9.84 Å². The zero-order valence-electron chi connectivity index (χ0n) is 9.12. The van der Waals surface area contributed by atoms with Gasteiger partial charge >= 0.3 is 5.97 Å². The van der Waals surface area contributed by atoms with Gasteiger partial charge in [0.1, 0.15) is 6.61 Å². The van der Waals surface area contributed by atoms with E-state index in [1.54, 1.807) is 0 Å². The number of rotatable bonds is 9. The second kappa shape index (κ2) is 9.45. The van der Waals surface area contributed by atoms with E-state index in [1.807, 2.05) is 0 Å². The van der Waals surface area contributed by atoms with Crippen molar-refractivity contribution in [3.63, 3.8) is 0 Å². The molecule has 5 heteroatoms. The fraction of sp³-hybridized carbons (Fsp3) is 0.800. The molecule has 2 N–H and O–H groups in total. The van der Waals surface area contributed by atoms with Crippen LogP contribution in [-0.4, -0.2) is 36.7 Å². The molecule has 0 saturated carbocycles. The Morgan fingerprint density at radius 1 is 1.33 bits per heavy atom. The van der Waals surface area contributed by atoms with Crippen LogP contribution in [0.25, 0.3) is 0 Å². The van der Waals surface area contributed by atoms with Gasteiger partial charge < -0.3 is 15.2 Å². The highest BCUT2D eigenvalue weighted by Gasteiger charge is 2.00. The minimum atomic E-state index is -0.996. The van der Waals surface area contributed by atoms with E-state index in [2.05, 4.69) is 12.2 Å². The summed E-state index contributed by atoms with van der Waals surface area (Å²) in [5, 5.41) is 10.9. The topological polar surface area (TPSA) is 75.6 Å². The first-order valence-corrected chi connectivity index (χ1v) is 5.23. The van der Waals surface area contributed by atoms with Crippen molar-refractivity contribution in [3.8, 4) is 0 Å². The van der Waals surface area contributed by atoms with Crippen molar-refractivity contribution >= 4 is 11.9 Å². The van der Waals surface area contributed by atoms with Gasteiger partial charge in [-0.3, -0.25) is 4.79 Å². The van der Waals surface area contributed by atoms with Crippen LogP contribution in [0.1, 0.15) is 32.6 Å². The van der Waals surface area contributed by atoms with E-state index >= 15 is 0 Å². The van der Waals surface area contributed by atoms with Crippen molar-refractivity contribution < 1.29 is 19.4 Å². The van der Waals surface area contributed by atoms with Crippen LogP contribution in [0.3, 0.4) is 0 Å². The highest BCUT2D eigenvalue weighted by atomic mass is 16.5. The molecule has 0 aliphatic heterocycles. The lowest BCUT2D eigenvalue weighted by Crippen LogP contribution is -2.27. The number of carbonyl (C=O) groups is 2. The van der Waals surface area contributed by atoms with E-state index in [-0.39, 0.29) is 19.1 Å². The van der Waals surface area contributed by atoms with Crippen LogP contribution in [0, 0.1) is 0 Å². The van der Waals surface area contributed by atoms with Crippen molar-refractivity contribution in [3.05, 3.63) is 0 Å². The first kappa shape index (κ1) is 13.9. The second-order valence-electron chi connectivity index (χ2n) is 3.25. The van der Waals surface area contributed by atoms with Crippen molar-refractivity contribution in [2.45, 2.75) is 32.6 Å². The first-order chi connectivity index (χ1) is 7.16. The average Bonchev–Trinajstić information content (AvgIpc) is 2.17. The monoisotopic (exact) mass is 217 g/mol. The van der Waals surface area contributed by atoms with Crippen molar-refractivity contribution in [1.29, 1.82) is 0 Å². The number of unbranched alkanes of at least 4 members (excludes halogenated alkanes) is 2. The molecule has 1 amide bonds. The largest absolute Gasteiger partial charge is 0.480 e. The Hall–Kier alpha value is -1.10. The van der Waals surface area contributed by atoms with Crippen LogP contribution in [0.4, 0.5) is 0 Å². The minimum absolute atomic E-state index is 0.00220. The summed E-state index contributed by atoms with van der Waals surface area (Å²) in [5.41, 5.74) is 0. The predicted octanol–water partition coefficient (Wildman–Crippen LogP) is 0.784. The molecule has 0 spiro atoms. The second-order valence-corrected chi connectivity index (χ2v) is 3.25. The SMILES string of the molecule is CCCCCC(=O)NCCOCC(=O)O. The Kier molecular flexibility index (Phi) is 8.76. The number of carbonyl (C=O) groups excluding carboxylic acids is 1. The number of hydrogen-bond donors (Lipinski definition) is 2. The maximum Gasteiger partial charge on any atom is 0.329 e. The van der Waals surface area contributed by atoms with Gasteiger partial charge in [0, 0.05) is 13.0 Å². The Balaban J connectivity index is 3.20. The van der Waals surface area contributed by atoms with Crippen LogP contribution < -0.4 is 5.32 Å². The van der Waals surface area contributed by atoms with E-state index < -0.39 is 5.97 Å². The van der Waals surface area contributed by atoms with E-state index in [0.717, 1.165) is 19.3 Å². The van der Waals surface area contributed by atoms with E-state index in [1.165, 1.54) is 0 Å². The zero-order chi connectivity index (χ0) is 11.5. The Morgan fingerprint density at radius 2 is 2.07 bits per heavy atom. The van der Waals surface area contributed by atoms with Crippen molar-refractivity contribution in [1.82, 2.24) is 5.32 Å². The molecule has 0 heterocycles. The fourth-order valence-electron chi connectivity index (χ4n) is 1.05. The third-order valence-corrected chi connectivity index (χ3v) is 1.80. The summed E-state index contributed by atoms with van der Waals surface area (Å²) in [4.78, 5) is 21.2. The summed E-state index contributed by atoms with van der Waals surface area (Å²) in [5.74, 6) is -0.994. The van der Waals surface area contributed by atoms with Gasteiger partial charge in [-0.25, -0.2) is 4.79 Å². The average molecular weight is 217 g/mol. The lowest BCUT2D eigenvalue weighted by molar-refractivity contribution is -0.142. The van der Waals surface area contributed by atoms with Crippen LogP contribution in [-0.2, 0) is 14.3 Å². The van der Waals surface area contributed by atoms with Crippen molar-refractivity contribution in [2.24, 2.45) is 0 Å². The Labute approximate surface area is 89.8 Å². The summed E-state index contributed by atoms with van der Waals surface area (Å²) in [6.07, 6.45) is 3.59. The summed E-state index contributed by atoms with van der Waals surface area (Å²) in [7, 11) is 0. The number of carboxylic acids is 1. The lowest BCUT2D eigenvalue weighted by atomic mass is 10.2. The molecule has 0 aromatic carbocycles. The number of amides is 1. The standard InChI is InChI=1S/C10H19NO4/c1-2-3-4-5-9(12)11-6-7-15-8-10(13)14/h2-8H2,1H3,(H,11,12)(H,13,14). The molecular weight excluding hydrogens is 198 g/mol. The molecule has 0 saturated heterocycles. The van der Waals surface area contributed by atoms with Gasteiger partial charge in [-0.1, -0.05) is 19.8 Å². The normalized spacial score (nSPS) is 9.93. The summed E-state index contributed by atoms with van der Waals surface area (Å²) >= 11 is 0. The molecule has 0 unspecified atom stereocenters. The van der Waals surface area contributed by atoms with Crippen LogP contribution >= 0.6 is 0 Å². The zero-order valence-corrected chi connectivity index (χ0v) is 9.12. The Bertz CT molecular complexity index is 194. The Morgan fingerprint density at radius 3 is 2.67 bits per heavy atom. The van der Waals surface area contributed by atoms with Gasteiger partial charge in [0.25, 0.3) is 0 Å². The van der Waals surface area contributed by atoms with Crippen LogP contribution in [0.2, 0.25) is 0 Å². The number of nitrogens with one attached hydrogen (secondary N) is 1. The summed E-state index contributed by atoms with van der Waals surface area (Å²) in [6.45, 7) is 2.38. The molecule has 0 radical (unpaired) electrons. The number of carboxylic acid groups (broad SMARTS) is 1. The summed E-state index contributed by atoms with van der Waals surface area (Å²) in [6, 6.07) is 0. The summed E-state index contributed by atoms with van der Waals surface area (Å²) < 4.78 is 4.76. The van der Waals surface area contributed by atoms with Gasteiger partial charge in [-0.15, -0.1) is 0 Å². The molecule has 5 nitrogen and oxygen atoms in total. The van der Waals surface area contributed by atoms with Crippen LogP contribution in [0.5, 0.6) is 0 Å². The first-order valence-electron chi connectivity index (χ1n) is 5.23. The molecule has 0 bridgehead atoms. The molecular formula is C10H19NO4. The molecule has 0 atom stereocenters. The predicted molar refractivity (Wildman–Crippen MR) is 55.6 cm³/mol. The minimum Gasteiger partial charge on any atom is -0.480 e. The molecule has 15 heavy (non-hydrogen) atoms. The third-order valence-electron chi connectivity index (χ3n) is 1.80. The molecule has 0 aliphatic carbocycles. The smallest absolute Gasteiger partial charge is 0.329 e. The highest BCUT2D eigenvalue weighted by molar-refractivity contribution is 5.75. The van der Waals surface area contributed by atoms with Gasteiger partial charge in [-0.05, 0) is 6.42 Å². The highest BCUT2D eigenvalue weighted by Crippen LogP contribution is 1.97. The number of ether oxygens (including phenoxy) is 1. The lowest BCUT2D eigenvalue weighted by Gasteiger charge is -2.04. The number of aliphatic carboxylic acids is 1. The maximum atomic E-state index is 11.1. The van der Waals surface area contributed by atoms with Crippen molar-refractivity contribution in [2.75, 3.05) is 19.8 Å². The molecule has 0 aromatic heterocycles. The fourth-order valence-corrected chi connectivity index (χ4v) is 1.05. The van der Waals surface area contributed by atoms with E-state index in [0.29, 0.717) is 13.0 Å².